The van der Waals surface area contributed by atoms with E-state index < -0.39 is 6.04 Å². The minimum absolute atomic E-state index is 0.285. The van der Waals surface area contributed by atoms with E-state index in [-0.39, 0.29) is 17.7 Å². The quantitative estimate of drug-likeness (QED) is 0.369. The normalized spacial score (nSPS) is 15.7. The Hall–Kier alpha value is -4.46. The smallest absolute Gasteiger partial charge is 0.322 e. The van der Waals surface area contributed by atoms with Crippen LogP contribution >= 0.6 is 0 Å². The van der Waals surface area contributed by atoms with Crippen molar-refractivity contribution in [2.45, 2.75) is 26.4 Å². The molecule has 0 bridgehead atoms. The Morgan fingerprint density at radius 2 is 1.81 bits per heavy atom. The predicted molar refractivity (Wildman–Crippen MR) is 133 cm³/mol. The van der Waals surface area contributed by atoms with Gasteiger partial charge in [0.05, 0.1) is 25.3 Å². The number of carbonyl (C=O) groups is 1. The van der Waals surface area contributed by atoms with Gasteiger partial charge in [-0.15, -0.1) is 0 Å². The van der Waals surface area contributed by atoms with Crippen LogP contribution in [0.15, 0.2) is 83.0 Å². The number of aromatic nitrogens is 2. The third kappa shape index (κ3) is 4.57. The van der Waals surface area contributed by atoms with E-state index in [4.69, 9.17) is 9.26 Å². The molecular weight excluding hydrogens is 459 g/mol. The summed E-state index contributed by atoms with van der Waals surface area (Å²) in [6, 6.07) is 20.5. The molecule has 1 N–H and O–H groups in total. The molecule has 182 valence electrons. The highest BCUT2D eigenvalue weighted by Crippen LogP contribution is 2.38. The molecule has 1 atom stereocenters. The Bertz CT molecular complexity index is 1430. The van der Waals surface area contributed by atoms with Crippen molar-refractivity contribution in [3.8, 4) is 17.1 Å². The van der Waals surface area contributed by atoms with Gasteiger partial charge in [-0.05, 0) is 49.2 Å². The molecule has 1 unspecified atom stereocenters. The van der Waals surface area contributed by atoms with Crippen molar-refractivity contribution in [2.75, 3.05) is 7.11 Å². The van der Waals surface area contributed by atoms with E-state index in [9.17, 15) is 9.18 Å². The highest BCUT2D eigenvalue weighted by molar-refractivity contribution is 5.86. The van der Waals surface area contributed by atoms with E-state index in [1.807, 2.05) is 62.4 Å². The van der Waals surface area contributed by atoms with Crippen LogP contribution in [0.5, 0.6) is 5.75 Å². The second-order valence-corrected chi connectivity index (χ2v) is 8.66. The Morgan fingerprint density at radius 1 is 1.06 bits per heavy atom. The zero-order valence-electron chi connectivity index (χ0n) is 20.2. The van der Waals surface area contributed by atoms with Gasteiger partial charge in [0.15, 0.2) is 0 Å². The number of halogens is 1. The number of ether oxygens (including phenoxy) is 1. The fourth-order valence-electron chi connectivity index (χ4n) is 4.26. The van der Waals surface area contributed by atoms with Gasteiger partial charge in [-0.2, -0.15) is 4.98 Å². The van der Waals surface area contributed by atoms with Crippen molar-refractivity contribution in [3.63, 3.8) is 0 Å². The topological polar surface area (TPSA) is 80.5 Å². The average Bonchev–Trinajstić information content (AvgIpc) is 3.37. The van der Waals surface area contributed by atoms with Gasteiger partial charge in [-0.1, -0.05) is 59.3 Å². The van der Waals surface area contributed by atoms with Gasteiger partial charge in [-0.3, -0.25) is 4.90 Å². The lowest BCUT2D eigenvalue weighted by Crippen LogP contribution is -2.45. The molecule has 0 aliphatic carbocycles. The number of benzene rings is 3. The van der Waals surface area contributed by atoms with E-state index in [0.29, 0.717) is 35.0 Å². The van der Waals surface area contributed by atoms with Crippen LogP contribution in [0.25, 0.3) is 17.0 Å². The number of nitrogens with one attached hydrogen (secondary N) is 1. The maximum Gasteiger partial charge on any atom is 0.322 e. The van der Waals surface area contributed by atoms with Crippen LogP contribution in [-0.4, -0.2) is 28.2 Å². The molecule has 0 radical (unpaired) electrons. The second kappa shape index (κ2) is 9.65. The van der Waals surface area contributed by atoms with Gasteiger partial charge in [0.1, 0.15) is 11.6 Å². The molecule has 0 saturated carbocycles. The number of urea groups is 1. The lowest BCUT2D eigenvalue weighted by Gasteiger charge is -2.35. The van der Waals surface area contributed by atoms with Gasteiger partial charge in [0.25, 0.3) is 5.89 Å². The SMILES string of the molecule is COc1cccc(CN2C(=O)NC(c3ccc(F)cc3)C(c3nc(-c4ccc(C)cc4)no3)=C2C)c1. The third-order valence-electron chi connectivity index (χ3n) is 6.24. The molecule has 1 aliphatic heterocycles. The van der Waals surface area contributed by atoms with Crippen molar-refractivity contribution >= 4 is 11.6 Å². The second-order valence-electron chi connectivity index (χ2n) is 8.66. The van der Waals surface area contributed by atoms with Crippen molar-refractivity contribution in [1.82, 2.24) is 20.4 Å². The number of methoxy groups -OCH3 is 1. The van der Waals surface area contributed by atoms with E-state index in [1.54, 1.807) is 24.1 Å². The number of nitrogens with zero attached hydrogens (tertiary/aromatic N) is 3. The Kier molecular flexibility index (Phi) is 6.25. The molecule has 4 aromatic rings. The fraction of sp³-hybridized carbons (Fsp3) is 0.179. The molecule has 3 aromatic carbocycles. The molecule has 5 rings (SSSR count). The Labute approximate surface area is 208 Å². The molecular formula is C28H25FN4O3. The summed E-state index contributed by atoms with van der Waals surface area (Å²) in [4.78, 5) is 19.5. The first-order valence-electron chi connectivity index (χ1n) is 11.5. The van der Waals surface area contributed by atoms with Gasteiger partial charge >= 0.3 is 6.03 Å². The lowest BCUT2D eigenvalue weighted by atomic mass is 9.94. The number of hydrogen-bond donors (Lipinski definition) is 1. The van der Waals surface area contributed by atoms with E-state index in [0.717, 1.165) is 16.7 Å². The summed E-state index contributed by atoms with van der Waals surface area (Å²) in [7, 11) is 1.60. The highest BCUT2D eigenvalue weighted by atomic mass is 19.1. The summed E-state index contributed by atoms with van der Waals surface area (Å²) >= 11 is 0. The van der Waals surface area contributed by atoms with Crippen molar-refractivity contribution < 1.29 is 18.4 Å². The van der Waals surface area contributed by atoms with E-state index in [2.05, 4.69) is 15.5 Å². The third-order valence-corrected chi connectivity index (χ3v) is 6.24. The number of allylic oxidation sites excluding steroid dienone is 1. The van der Waals surface area contributed by atoms with Gasteiger partial charge < -0.3 is 14.6 Å². The largest absolute Gasteiger partial charge is 0.497 e. The molecule has 1 aliphatic rings. The fourth-order valence-corrected chi connectivity index (χ4v) is 4.26. The summed E-state index contributed by atoms with van der Waals surface area (Å²) in [6.07, 6.45) is 0. The minimum atomic E-state index is -0.592. The molecule has 7 nitrogen and oxygen atoms in total. The number of aryl methyl sites for hydroxylation is 1. The monoisotopic (exact) mass is 484 g/mol. The van der Waals surface area contributed by atoms with Gasteiger partial charge in [0.2, 0.25) is 5.82 Å². The Morgan fingerprint density at radius 3 is 2.53 bits per heavy atom. The molecule has 36 heavy (non-hydrogen) atoms. The minimum Gasteiger partial charge on any atom is -0.497 e. The number of rotatable bonds is 6. The maximum atomic E-state index is 13.7. The van der Waals surface area contributed by atoms with Crippen LogP contribution in [0.4, 0.5) is 9.18 Å². The van der Waals surface area contributed by atoms with Crippen LogP contribution in [0, 0.1) is 12.7 Å². The van der Waals surface area contributed by atoms with Crippen LogP contribution in [0.3, 0.4) is 0 Å². The van der Waals surface area contributed by atoms with E-state index >= 15 is 0 Å². The molecule has 0 spiro atoms. The van der Waals surface area contributed by atoms with E-state index in [1.165, 1.54) is 12.1 Å². The molecule has 0 saturated heterocycles. The van der Waals surface area contributed by atoms with Crippen LogP contribution < -0.4 is 10.1 Å². The first kappa shape index (κ1) is 23.3. The molecule has 2 amide bonds. The highest BCUT2D eigenvalue weighted by Gasteiger charge is 2.35. The number of amides is 2. The summed E-state index contributed by atoms with van der Waals surface area (Å²) < 4.78 is 24.7. The Balaban J connectivity index is 1.58. The zero-order valence-corrected chi connectivity index (χ0v) is 20.2. The molecule has 1 aromatic heterocycles. The standard InChI is InChI=1S/C28H25FN4O3/c1-17-7-9-21(10-8-17)26-31-27(36-32-26)24-18(2)33(16-19-5-4-6-23(15-19)35-3)28(34)30-25(24)20-11-13-22(29)14-12-20/h4-15,25H,16H2,1-3H3,(H,30,34). The molecule has 8 heteroatoms. The number of hydrogen-bond acceptors (Lipinski definition) is 5. The molecule has 2 heterocycles. The first-order valence-corrected chi connectivity index (χ1v) is 11.5. The predicted octanol–water partition coefficient (Wildman–Crippen LogP) is 5.89. The summed E-state index contributed by atoms with van der Waals surface area (Å²) in [5.41, 5.74) is 4.86. The van der Waals surface area contributed by atoms with Crippen LogP contribution in [0.1, 0.15) is 35.5 Å². The van der Waals surface area contributed by atoms with Gasteiger partial charge in [0, 0.05) is 11.3 Å². The first-order chi connectivity index (χ1) is 17.4. The number of carbonyl (C=O) groups excluding carboxylic acids is 1. The van der Waals surface area contributed by atoms with Crippen molar-refractivity contribution in [2.24, 2.45) is 0 Å². The van der Waals surface area contributed by atoms with Crippen LogP contribution in [-0.2, 0) is 6.54 Å². The van der Waals surface area contributed by atoms with Crippen molar-refractivity contribution in [1.29, 1.82) is 0 Å². The summed E-state index contributed by atoms with van der Waals surface area (Å²) in [6.45, 7) is 4.17. The lowest BCUT2D eigenvalue weighted by molar-refractivity contribution is 0.203. The van der Waals surface area contributed by atoms with Crippen molar-refractivity contribution in [3.05, 3.63) is 107 Å². The average molecular weight is 485 g/mol. The summed E-state index contributed by atoms with van der Waals surface area (Å²) in [5.74, 6) is 1.07. The maximum absolute atomic E-state index is 13.7. The summed E-state index contributed by atoms with van der Waals surface area (Å²) in [5, 5.41) is 7.22. The van der Waals surface area contributed by atoms with Gasteiger partial charge in [-0.25, -0.2) is 9.18 Å². The van der Waals surface area contributed by atoms with Crippen LogP contribution in [0.2, 0.25) is 0 Å². The zero-order chi connectivity index (χ0) is 25.2. The molecule has 0 fully saturated rings.